The molecule has 2 aromatic rings. The van der Waals surface area contributed by atoms with Crippen LogP contribution in [0, 0.1) is 11.6 Å². The van der Waals surface area contributed by atoms with Crippen molar-refractivity contribution in [1.82, 2.24) is 14.8 Å². The number of benzene rings is 1. The molecule has 160 valence electrons. The second kappa shape index (κ2) is 9.17. The maximum atomic E-state index is 13.8. The molecule has 9 heteroatoms. The Balaban J connectivity index is 1.86. The first kappa shape index (κ1) is 21.6. The molecule has 2 N–H and O–H groups in total. The summed E-state index contributed by atoms with van der Waals surface area (Å²) in [5.74, 6) is -3.20. The molecule has 1 aliphatic heterocycles. The molecule has 3 rings (SSSR count). The number of nitrogens with zero attached hydrogens (tertiary/aromatic N) is 2. The summed E-state index contributed by atoms with van der Waals surface area (Å²) in [6.45, 7) is 0.946. The van der Waals surface area contributed by atoms with Gasteiger partial charge in [-0.15, -0.1) is 0 Å². The van der Waals surface area contributed by atoms with E-state index < -0.39 is 28.7 Å². The van der Waals surface area contributed by atoms with Crippen LogP contribution in [0.5, 0.6) is 5.75 Å². The molecule has 1 amide bonds. The van der Waals surface area contributed by atoms with Gasteiger partial charge in [0.2, 0.25) is 5.43 Å². The van der Waals surface area contributed by atoms with Crippen molar-refractivity contribution in [3.05, 3.63) is 63.1 Å². The Kier molecular flexibility index (Phi) is 6.61. The number of piperidine rings is 1. The van der Waals surface area contributed by atoms with Gasteiger partial charge in [0.15, 0.2) is 12.0 Å². The van der Waals surface area contributed by atoms with Gasteiger partial charge in [0.1, 0.15) is 22.9 Å². The van der Waals surface area contributed by atoms with E-state index in [0.717, 1.165) is 31.9 Å². The van der Waals surface area contributed by atoms with Crippen molar-refractivity contribution in [2.45, 2.75) is 38.4 Å². The number of aldehydes is 1. The number of rotatable bonds is 6. The summed E-state index contributed by atoms with van der Waals surface area (Å²) in [6, 6.07) is 3.03. The lowest BCUT2D eigenvalue weighted by molar-refractivity contribution is 0.0945. The van der Waals surface area contributed by atoms with Crippen molar-refractivity contribution >= 4 is 12.2 Å². The molecule has 1 fully saturated rings. The molecule has 1 unspecified atom stereocenters. The molecular formula is C21H23F2N3O4. The molecule has 1 atom stereocenters. The monoisotopic (exact) mass is 419 g/mol. The molecule has 1 saturated heterocycles. The Morgan fingerprint density at radius 1 is 1.33 bits per heavy atom. The van der Waals surface area contributed by atoms with Crippen LogP contribution >= 0.6 is 0 Å². The van der Waals surface area contributed by atoms with Crippen molar-refractivity contribution in [2.75, 3.05) is 13.6 Å². The van der Waals surface area contributed by atoms with Crippen LogP contribution in [0.15, 0.2) is 29.2 Å². The zero-order valence-corrected chi connectivity index (χ0v) is 16.5. The number of aromatic nitrogens is 1. The number of likely N-dealkylation sites (tertiary alicyclic amines) is 1. The molecule has 0 saturated carbocycles. The Labute approximate surface area is 171 Å². The highest BCUT2D eigenvalue weighted by molar-refractivity contribution is 5.95. The lowest BCUT2D eigenvalue weighted by Gasteiger charge is -2.33. The largest absolute Gasteiger partial charge is 0.503 e. The van der Waals surface area contributed by atoms with Gasteiger partial charge in [-0.3, -0.25) is 14.4 Å². The van der Waals surface area contributed by atoms with Gasteiger partial charge in [0.05, 0.1) is 0 Å². The topological polar surface area (TPSA) is 91.6 Å². The van der Waals surface area contributed by atoms with Gasteiger partial charge in [-0.05, 0) is 32.5 Å². The zero-order valence-electron chi connectivity index (χ0n) is 16.5. The van der Waals surface area contributed by atoms with E-state index in [-0.39, 0.29) is 29.4 Å². The lowest BCUT2D eigenvalue weighted by atomic mass is 10.0. The summed E-state index contributed by atoms with van der Waals surface area (Å²) >= 11 is 0. The first-order valence-corrected chi connectivity index (χ1v) is 9.65. The van der Waals surface area contributed by atoms with Crippen molar-refractivity contribution in [2.24, 2.45) is 0 Å². The quantitative estimate of drug-likeness (QED) is 0.700. The van der Waals surface area contributed by atoms with Crippen molar-refractivity contribution in [3.63, 3.8) is 0 Å². The van der Waals surface area contributed by atoms with E-state index in [4.69, 9.17) is 0 Å². The van der Waals surface area contributed by atoms with E-state index in [0.29, 0.717) is 18.9 Å². The molecule has 1 aromatic carbocycles. The fourth-order valence-corrected chi connectivity index (χ4v) is 3.64. The van der Waals surface area contributed by atoms with Gasteiger partial charge in [0, 0.05) is 37.0 Å². The van der Waals surface area contributed by atoms with E-state index in [1.54, 1.807) is 0 Å². The van der Waals surface area contributed by atoms with Crippen LogP contribution in [0.4, 0.5) is 8.78 Å². The molecule has 0 radical (unpaired) electrons. The summed E-state index contributed by atoms with van der Waals surface area (Å²) < 4.78 is 28.2. The van der Waals surface area contributed by atoms with Crippen molar-refractivity contribution < 1.29 is 23.5 Å². The van der Waals surface area contributed by atoms with Crippen LogP contribution in [0.2, 0.25) is 0 Å². The SMILES string of the molecule is CN1CCCCC1Cn1cc(C(=O)NCc2ccc(F)cc2F)c(=O)c(O)c1C=O. The number of hydrogen-bond donors (Lipinski definition) is 2. The molecule has 1 aromatic heterocycles. The van der Waals surface area contributed by atoms with Crippen LogP contribution in [-0.4, -0.2) is 46.4 Å². The average Bonchev–Trinajstić information content (AvgIpc) is 2.71. The van der Waals surface area contributed by atoms with Crippen molar-refractivity contribution in [3.8, 4) is 5.75 Å². The van der Waals surface area contributed by atoms with Crippen LogP contribution in [0.3, 0.4) is 0 Å². The van der Waals surface area contributed by atoms with Crippen molar-refractivity contribution in [1.29, 1.82) is 0 Å². The summed E-state index contributed by atoms with van der Waals surface area (Å²) in [6.07, 6.45) is 4.59. The molecule has 2 heterocycles. The Morgan fingerprint density at radius 2 is 2.10 bits per heavy atom. The molecular weight excluding hydrogens is 396 g/mol. The first-order valence-electron chi connectivity index (χ1n) is 9.65. The van der Waals surface area contributed by atoms with Gasteiger partial charge in [-0.2, -0.15) is 0 Å². The number of amides is 1. The number of pyridine rings is 1. The fraction of sp³-hybridized carbons (Fsp3) is 0.381. The smallest absolute Gasteiger partial charge is 0.257 e. The zero-order chi connectivity index (χ0) is 21.8. The van der Waals surface area contributed by atoms with Crippen LogP contribution < -0.4 is 10.7 Å². The van der Waals surface area contributed by atoms with E-state index >= 15 is 0 Å². The van der Waals surface area contributed by atoms with E-state index in [9.17, 15) is 28.3 Å². The minimum atomic E-state index is -0.984. The predicted molar refractivity (Wildman–Crippen MR) is 106 cm³/mol. The third-order valence-electron chi connectivity index (χ3n) is 5.44. The average molecular weight is 419 g/mol. The number of carbonyl (C=O) groups is 2. The standard InChI is InChI=1S/C21H23F2N3O4/c1-25-7-3-2-4-15(25)10-26-11-16(19(28)20(29)18(26)12-27)21(30)24-9-13-5-6-14(22)8-17(13)23/h5-6,8,11-12,15,29H,2-4,7,9-10H2,1H3,(H,24,30). The molecule has 0 aliphatic carbocycles. The summed E-state index contributed by atoms with van der Waals surface area (Å²) in [4.78, 5) is 38.6. The molecule has 1 aliphatic rings. The fourth-order valence-electron chi connectivity index (χ4n) is 3.64. The Morgan fingerprint density at radius 3 is 2.77 bits per heavy atom. The number of halogens is 2. The van der Waals surface area contributed by atoms with Gasteiger partial charge < -0.3 is 19.9 Å². The second-order valence-electron chi connectivity index (χ2n) is 7.42. The van der Waals surface area contributed by atoms with Gasteiger partial charge in [-0.1, -0.05) is 12.5 Å². The normalized spacial score (nSPS) is 17.0. The Hall–Kier alpha value is -3.07. The highest BCUT2D eigenvalue weighted by atomic mass is 19.1. The summed E-state index contributed by atoms with van der Waals surface area (Å²) in [5, 5.41) is 12.6. The van der Waals surface area contributed by atoms with E-state index in [1.807, 2.05) is 7.05 Å². The van der Waals surface area contributed by atoms with Crippen LogP contribution in [0.25, 0.3) is 0 Å². The summed E-state index contributed by atoms with van der Waals surface area (Å²) in [5.41, 5.74) is -1.50. The van der Waals surface area contributed by atoms with Gasteiger partial charge >= 0.3 is 0 Å². The van der Waals surface area contributed by atoms with E-state index in [2.05, 4.69) is 10.2 Å². The highest BCUT2D eigenvalue weighted by Crippen LogP contribution is 2.19. The minimum Gasteiger partial charge on any atom is -0.503 e. The van der Waals surface area contributed by atoms with E-state index in [1.165, 1.54) is 16.8 Å². The van der Waals surface area contributed by atoms with Gasteiger partial charge in [-0.25, -0.2) is 8.78 Å². The molecule has 0 spiro atoms. The van der Waals surface area contributed by atoms with Gasteiger partial charge in [0.25, 0.3) is 5.91 Å². The number of nitrogens with one attached hydrogen (secondary N) is 1. The lowest BCUT2D eigenvalue weighted by Crippen LogP contribution is -2.40. The predicted octanol–water partition coefficient (Wildman–Crippen LogP) is 2.06. The number of aromatic hydroxyl groups is 1. The van der Waals surface area contributed by atoms with Crippen LogP contribution in [0.1, 0.15) is 45.7 Å². The molecule has 30 heavy (non-hydrogen) atoms. The third-order valence-corrected chi connectivity index (χ3v) is 5.44. The second-order valence-corrected chi connectivity index (χ2v) is 7.42. The maximum Gasteiger partial charge on any atom is 0.257 e. The Bertz CT molecular complexity index is 1020. The molecule has 0 bridgehead atoms. The maximum absolute atomic E-state index is 13.8. The number of carbonyl (C=O) groups excluding carboxylic acids is 2. The minimum absolute atomic E-state index is 0.0441. The third kappa shape index (κ3) is 4.56. The molecule has 7 nitrogen and oxygen atoms in total. The summed E-state index contributed by atoms with van der Waals surface area (Å²) in [7, 11) is 1.96. The number of hydrogen-bond acceptors (Lipinski definition) is 5. The highest BCUT2D eigenvalue weighted by Gasteiger charge is 2.24. The number of likely N-dealkylation sites (N-methyl/N-ethyl adjacent to an activating group) is 1. The van der Waals surface area contributed by atoms with Crippen LogP contribution in [-0.2, 0) is 13.1 Å². The first-order chi connectivity index (χ1) is 14.3.